The maximum atomic E-state index is 11.1. The molecule has 2 aromatic rings. The number of benzene rings is 2. The normalized spacial score (nSPS) is 13.2. The number of hydrogen-bond acceptors (Lipinski definition) is 3. The number of hydrogen-bond donors (Lipinski definition) is 2. The molecule has 128 valence electrons. The van der Waals surface area contributed by atoms with Gasteiger partial charge >= 0.3 is 6.03 Å². The summed E-state index contributed by atoms with van der Waals surface area (Å²) in [7, 11) is 0. The summed E-state index contributed by atoms with van der Waals surface area (Å²) in [5.74, 6) is 0.811. The lowest BCUT2D eigenvalue weighted by Gasteiger charge is -2.24. The second kappa shape index (κ2) is 7.36. The molecule has 0 spiro atoms. The first kappa shape index (κ1) is 17.8. The van der Waals surface area contributed by atoms with E-state index in [4.69, 9.17) is 10.5 Å². The predicted octanol–water partition coefficient (Wildman–Crippen LogP) is 4.27. The van der Waals surface area contributed by atoms with Gasteiger partial charge in [-0.2, -0.15) is 5.06 Å². The molecule has 0 radical (unpaired) electrons. The molecule has 2 atom stereocenters. The van der Waals surface area contributed by atoms with Gasteiger partial charge in [0.15, 0.2) is 0 Å². The summed E-state index contributed by atoms with van der Waals surface area (Å²) in [5, 5.41) is 10.3. The lowest BCUT2D eigenvalue weighted by atomic mass is 10.0. The van der Waals surface area contributed by atoms with E-state index in [2.05, 4.69) is 0 Å². The van der Waals surface area contributed by atoms with Crippen molar-refractivity contribution in [3.63, 3.8) is 0 Å². The Labute approximate surface area is 142 Å². The number of aryl methyl sites for hydroxylation is 2. The van der Waals surface area contributed by atoms with Crippen LogP contribution in [-0.4, -0.2) is 16.3 Å². The van der Waals surface area contributed by atoms with Gasteiger partial charge in [-0.25, -0.2) is 4.79 Å². The first-order valence-electron chi connectivity index (χ1n) is 7.91. The Morgan fingerprint density at radius 1 is 1.08 bits per heavy atom. The lowest BCUT2D eigenvalue weighted by Crippen LogP contribution is -2.34. The van der Waals surface area contributed by atoms with Crippen LogP contribution in [0.5, 0.6) is 5.75 Å². The smallest absolute Gasteiger partial charge is 0.339 e. The molecule has 2 rings (SSSR count). The topological polar surface area (TPSA) is 75.8 Å². The van der Waals surface area contributed by atoms with Gasteiger partial charge in [0.25, 0.3) is 0 Å². The number of hydroxylamine groups is 2. The maximum Gasteiger partial charge on any atom is 0.339 e. The number of primary amides is 1. The molecule has 0 aliphatic heterocycles. The van der Waals surface area contributed by atoms with E-state index in [1.165, 1.54) is 0 Å². The molecule has 0 fully saturated rings. The van der Waals surface area contributed by atoms with Crippen LogP contribution in [0, 0.1) is 13.8 Å². The van der Waals surface area contributed by atoms with Crippen LogP contribution in [0.3, 0.4) is 0 Å². The van der Waals surface area contributed by atoms with Crippen molar-refractivity contribution in [1.82, 2.24) is 5.06 Å². The van der Waals surface area contributed by atoms with Crippen LogP contribution in [0.4, 0.5) is 4.79 Å². The number of urea groups is 1. The number of nitrogens with two attached hydrogens (primary N) is 1. The average molecular weight is 328 g/mol. The highest BCUT2D eigenvalue weighted by Crippen LogP contribution is 2.32. The van der Waals surface area contributed by atoms with Crippen LogP contribution in [0.15, 0.2) is 42.5 Å². The highest BCUT2D eigenvalue weighted by atomic mass is 16.5. The van der Waals surface area contributed by atoms with Crippen molar-refractivity contribution in [3.05, 3.63) is 64.7 Å². The monoisotopic (exact) mass is 328 g/mol. The molecule has 0 aromatic heterocycles. The number of nitrogens with zero attached hydrogens (tertiary/aromatic N) is 1. The standard InChI is InChI=1S/C19H24N2O3/c1-12-10-17(14(3)21(23)19(20)22)11-13(2)18(12)24-15(4)16-8-6-5-7-9-16/h5-11,14-15,23H,1-4H3,(H2,20,22). The minimum atomic E-state index is -0.879. The Hall–Kier alpha value is -2.53. The van der Waals surface area contributed by atoms with Crippen molar-refractivity contribution in [2.24, 2.45) is 5.73 Å². The van der Waals surface area contributed by atoms with Crippen molar-refractivity contribution in [2.45, 2.75) is 39.8 Å². The zero-order valence-corrected chi connectivity index (χ0v) is 14.5. The highest BCUT2D eigenvalue weighted by molar-refractivity contribution is 5.71. The third kappa shape index (κ3) is 3.86. The summed E-state index contributed by atoms with van der Waals surface area (Å²) in [6, 6.07) is 12.4. The van der Waals surface area contributed by atoms with E-state index in [1.54, 1.807) is 6.92 Å². The second-order valence-electron chi connectivity index (χ2n) is 6.01. The van der Waals surface area contributed by atoms with E-state index in [0.717, 1.165) is 28.0 Å². The number of rotatable bonds is 5. The minimum absolute atomic E-state index is 0.0770. The molecule has 0 aliphatic carbocycles. The van der Waals surface area contributed by atoms with Gasteiger partial charge in [0.1, 0.15) is 11.9 Å². The Bertz CT molecular complexity index is 693. The Balaban J connectivity index is 2.26. The molecule has 5 nitrogen and oxygen atoms in total. The van der Waals surface area contributed by atoms with Crippen molar-refractivity contribution in [1.29, 1.82) is 0 Å². The Morgan fingerprint density at radius 2 is 1.62 bits per heavy atom. The van der Waals surface area contributed by atoms with Crippen LogP contribution in [0.2, 0.25) is 0 Å². The molecular formula is C19H24N2O3. The summed E-state index contributed by atoms with van der Waals surface area (Å²) in [6.45, 7) is 7.61. The van der Waals surface area contributed by atoms with Gasteiger partial charge in [-0.3, -0.25) is 5.21 Å². The first-order chi connectivity index (χ1) is 11.3. The fourth-order valence-electron chi connectivity index (χ4n) is 2.71. The van der Waals surface area contributed by atoms with Crippen molar-refractivity contribution >= 4 is 6.03 Å². The van der Waals surface area contributed by atoms with Crippen molar-refractivity contribution < 1.29 is 14.7 Å². The molecule has 0 bridgehead atoms. The fourth-order valence-corrected chi connectivity index (χ4v) is 2.71. The maximum absolute atomic E-state index is 11.1. The van der Waals surface area contributed by atoms with Crippen LogP contribution >= 0.6 is 0 Å². The number of carbonyl (C=O) groups excluding carboxylic acids is 1. The molecule has 2 amide bonds. The number of amides is 2. The number of carbonyl (C=O) groups is 1. The highest BCUT2D eigenvalue weighted by Gasteiger charge is 2.20. The van der Waals surface area contributed by atoms with Gasteiger partial charge in [0.2, 0.25) is 0 Å². The van der Waals surface area contributed by atoms with Crippen LogP contribution < -0.4 is 10.5 Å². The van der Waals surface area contributed by atoms with Gasteiger partial charge < -0.3 is 10.5 Å². The van der Waals surface area contributed by atoms with E-state index in [0.29, 0.717) is 5.06 Å². The van der Waals surface area contributed by atoms with Crippen molar-refractivity contribution in [2.75, 3.05) is 0 Å². The van der Waals surface area contributed by atoms with E-state index in [-0.39, 0.29) is 6.10 Å². The zero-order chi connectivity index (χ0) is 17.9. The SMILES string of the molecule is Cc1cc(C(C)N(O)C(N)=O)cc(C)c1OC(C)c1ccccc1. The van der Waals surface area contributed by atoms with Gasteiger partial charge in [-0.05, 0) is 49.9 Å². The van der Waals surface area contributed by atoms with E-state index in [1.807, 2.05) is 63.2 Å². The van der Waals surface area contributed by atoms with Gasteiger partial charge in [0, 0.05) is 0 Å². The van der Waals surface area contributed by atoms with Gasteiger partial charge in [0.05, 0.1) is 6.04 Å². The first-order valence-corrected chi connectivity index (χ1v) is 7.91. The molecule has 0 aliphatic rings. The van der Waals surface area contributed by atoms with E-state index in [9.17, 15) is 10.0 Å². The molecule has 2 unspecified atom stereocenters. The molecule has 5 heteroatoms. The van der Waals surface area contributed by atoms with E-state index < -0.39 is 12.1 Å². The molecule has 0 heterocycles. The molecular weight excluding hydrogens is 304 g/mol. The molecule has 0 saturated carbocycles. The summed E-state index contributed by atoms with van der Waals surface area (Å²) < 4.78 is 6.14. The minimum Gasteiger partial charge on any atom is -0.485 e. The largest absolute Gasteiger partial charge is 0.485 e. The number of ether oxygens (including phenoxy) is 1. The summed E-state index contributed by atoms with van der Waals surface area (Å²) >= 11 is 0. The molecule has 24 heavy (non-hydrogen) atoms. The summed E-state index contributed by atoms with van der Waals surface area (Å²) in [6.07, 6.45) is -0.0770. The fraction of sp³-hybridized carbons (Fsp3) is 0.316. The second-order valence-corrected chi connectivity index (χ2v) is 6.01. The van der Waals surface area contributed by atoms with E-state index >= 15 is 0 Å². The zero-order valence-electron chi connectivity index (χ0n) is 14.5. The van der Waals surface area contributed by atoms with Crippen LogP contribution in [0.1, 0.15) is 48.2 Å². The Morgan fingerprint density at radius 3 is 2.12 bits per heavy atom. The van der Waals surface area contributed by atoms with Crippen LogP contribution in [-0.2, 0) is 0 Å². The quantitative estimate of drug-likeness (QED) is 0.635. The Kier molecular flexibility index (Phi) is 5.46. The lowest BCUT2D eigenvalue weighted by molar-refractivity contribution is -0.0710. The third-order valence-corrected chi connectivity index (χ3v) is 4.12. The summed E-state index contributed by atoms with van der Waals surface area (Å²) in [4.78, 5) is 11.1. The predicted molar refractivity (Wildman–Crippen MR) is 93.0 cm³/mol. The average Bonchev–Trinajstić information content (AvgIpc) is 2.57. The molecule has 2 aromatic carbocycles. The summed E-state index contributed by atoms with van der Waals surface area (Å²) in [5.41, 5.74) is 8.91. The molecule has 3 N–H and O–H groups in total. The van der Waals surface area contributed by atoms with Gasteiger partial charge in [-0.15, -0.1) is 0 Å². The molecule has 0 saturated heterocycles. The van der Waals surface area contributed by atoms with Crippen molar-refractivity contribution in [3.8, 4) is 5.75 Å². The third-order valence-electron chi connectivity index (χ3n) is 4.12. The van der Waals surface area contributed by atoms with Gasteiger partial charge in [-0.1, -0.05) is 42.5 Å². The van der Waals surface area contributed by atoms with Crippen LogP contribution in [0.25, 0.3) is 0 Å².